The molecule has 2 atom stereocenters. The van der Waals surface area contributed by atoms with Crippen LogP contribution in [0.25, 0.3) is 0 Å². The van der Waals surface area contributed by atoms with Crippen molar-refractivity contribution in [1.29, 1.82) is 0 Å². The van der Waals surface area contributed by atoms with E-state index in [1.54, 1.807) is 0 Å². The van der Waals surface area contributed by atoms with Crippen LogP contribution in [0.2, 0.25) is 0 Å². The monoisotopic (exact) mass is 253 g/mol. The van der Waals surface area contributed by atoms with Crippen molar-refractivity contribution in [3.8, 4) is 0 Å². The molecule has 2 unspecified atom stereocenters. The third-order valence-corrected chi connectivity index (χ3v) is 5.09. The second-order valence-corrected chi connectivity index (χ2v) is 6.54. The van der Waals surface area contributed by atoms with E-state index in [2.05, 4.69) is 19.2 Å². The first-order chi connectivity index (χ1) is 8.74. The molecule has 1 saturated carbocycles. The van der Waals surface area contributed by atoms with Crippen LogP contribution in [0.3, 0.4) is 0 Å². The minimum Gasteiger partial charge on any atom is -0.378 e. The maximum absolute atomic E-state index is 5.77. The molecule has 1 heterocycles. The molecule has 106 valence electrons. The summed E-state index contributed by atoms with van der Waals surface area (Å²) >= 11 is 0. The SMILES string of the molecule is CCNC(CCC1CCCO1)C1(C)CCCCC1. The van der Waals surface area contributed by atoms with Crippen molar-refractivity contribution in [1.82, 2.24) is 5.32 Å². The van der Waals surface area contributed by atoms with Crippen molar-refractivity contribution in [2.45, 2.75) is 83.8 Å². The highest BCUT2D eigenvalue weighted by Crippen LogP contribution is 2.40. The van der Waals surface area contributed by atoms with Crippen molar-refractivity contribution in [3.63, 3.8) is 0 Å². The molecule has 0 bridgehead atoms. The lowest BCUT2D eigenvalue weighted by molar-refractivity contribution is 0.0823. The van der Waals surface area contributed by atoms with Crippen molar-refractivity contribution >= 4 is 0 Å². The largest absolute Gasteiger partial charge is 0.378 e. The summed E-state index contributed by atoms with van der Waals surface area (Å²) in [7, 11) is 0. The predicted molar refractivity (Wildman–Crippen MR) is 76.9 cm³/mol. The van der Waals surface area contributed by atoms with Gasteiger partial charge in [-0.05, 0) is 50.5 Å². The molecule has 2 nitrogen and oxygen atoms in total. The van der Waals surface area contributed by atoms with E-state index in [0.29, 0.717) is 17.6 Å². The first-order valence-corrected chi connectivity index (χ1v) is 8.09. The molecule has 1 N–H and O–H groups in total. The van der Waals surface area contributed by atoms with Gasteiger partial charge in [-0.1, -0.05) is 33.1 Å². The fourth-order valence-electron chi connectivity index (χ4n) is 3.88. The predicted octanol–water partition coefficient (Wildman–Crippen LogP) is 3.89. The Balaban J connectivity index is 1.85. The van der Waals surface area contributed by atoms with Gasteiger partial charge in [0.1, 0.15) is 0 Å². The highest BCUT2D eigenvalue weighted by Gasteiger charge is 2.35. The lowest BCUT2D eigenvalue weighted by Gasteiger charge is -2.41. The molecule has 0 amide bonds. The smallest absolute Gasteiger partial charge is 0.0576 e. The van der Waals surface area contributed by atoms with E-state index in [0.717, 1.165) is 13.2 Å². The van der Waals surface area contributed by atoms with Crippen LogP contribution < -0.4 is 5.32 Å². The normalized spacial score (nSPS) is 29.3. The third kappa shape index (κ3) is 3.71. The Hall–Kier alpha value is -0.0800. The zero-order valence-corrected chi connectivity index (χ0v) is 12.3. The van der Waals surface area contributed by atoms with Gasteiger partial charge in [0.05, 0.1) is 6.10 Å². The second-order valence-electron chi connectivity index (χ2n) is 6.54. The lowest BCUT2D eigenvalue weighted by Crippen LogP contribution is -2.45. The molecular weight excluding hydrogens is 222 g/mol. The Bertz CT molecular complexity index is 229. The van der Waals surface area contributed by atoms with Gasteiger partial charge in [-0.15, -0.1) is 0 Å². The maximum Gasteiger partial charge on any atom is 0.0576 e. The van der Waals surface area contributed by atoms with E-state index in [1.165, 1.54) is 57.8 Å². The van der Waals surface area contributed by atoms with Gasteiger partial charge in [-0.25, -0.2) is 0 Å². The van der Waals surface area contributed by atoms with Crippen LogP contribution in [0.4, 0.5) is 0 Å². The Morgan fingerprint density at radius 1 is 1.22 bits per heavy atom. The van der Waals surface area contributed by atoms with Crippen LogP contribution in [0.1, 0.15) is 71.6 Å². The summed E-state index contributed by atoms with van der Waals surface area (Å²) in [6.07, 6.45) is 12.8. The van der Waals surface area contributed by atoms with Crippen molar-refractivity contribution in [2.24, 2.45) is 5.41 Å². The van der Waals surface area contributed by atoms with Crippen LogP contribution >= 0.6 is 0 Å². The van der Waals surface area contributed by atoms with Crippen LogP contribution in [0.5, 0.6) is 0 Å². The van der Waals surface area contributed by atoms with Gasteiger partial charge < -0.3 is 10.1 Å². The Morgan fingerprint density at radius 2 is 2.00 bits per heavy atom. The highest BCUT2D eigenvalue weighted by atomic mass is 16.5. The van der Waals surface area contributed by atoms with Gasteiger partial charge in [-0.3, -0.25) is 0 Å². The molecule has 2 aliphatic rings. The number of ether oxygens (including phenoxy) is 1. The van der Waals surface area contributed by atoms with Crippen LogP contribution in [-0.2, 0) is 4.74 Å². The summed E-state index contributed by atoms with van der Waals surface area (Å²) in [4.78, 5) is 0. The number of hydrogen-bond acceptors (Lipinski definition) is 2. The average Bonchev–Trinajstić information content (AvgIpc) is 2.88. The second kappa shape index (κ2) is 6.91. The topological polar surface area (TPSA) is 21.3 Å². The lowest BCUT2D eigenvalue weighted by atomic mass is 9.69. The van der Waals surface area contributed by atoms with Gasteiger partial charge in [0.25, 0.3) is 0 Å². The van der Waals surface area contributed by atoms with Gasteiger partial charge >= 0.3 is 0 Å². The zero-order chi connectivity index (χ0) is 12.8. The highest BCUT2D eigenvalue weighted by molar-refractivity contribution is 4.90. The minimum absolute atomic E-state index is 0.535. The molecule has 0 aromatic carbocycles. The van der Waals surface area contributed by atoms with Crippen molar-refractivity contribution < 1.29 is 4.74 Å². The third-order valence-electron chi connectivity index (χ3n) is 5.09. The van der Waals surface area contributed by atoms with Crippen molar-refractivity contribution in [2.75, 3.05) is 13.2 Å². The Morgan fingerprint density at radius 3 is 2.61 bits per heavy atom. The molecule has 2 heteroatoms. The molecule has 0 radical (unpaired) electrons. The summed E-state index contributed by atoms with van der Waals surface area (Å²) in [5.41, 5.74) is 0.535. The quantitative estimate of drug-likeness (QED) is 0.775. The van der Waals surface area contributed by atoms with E-state index >= 15 is 0 Å². The fourth-order valence-corrected chi connectivity index (χ4v) is 3.88. The number of nitrogens with one attached hydrogen (secondary N) is 1. The van der Waals surface area contributed by atoms with Gasteiger partial charge in [0.15, 0.2) is 0 Å². The summed E-state index contributed by atoms with van der Waals surface area (Å²) in [6, 6.07) is 0.701. The molecule has 2 fully saturated rings. The first-order valence-electron chi connectivity index (χ1n) is 8.09. The molecule has 0 aromatic heterocycles. The average molecular weight is 253 g/mol. The summed E-state index contributed by atoms with van der Waals surface area (Å²) in [5.74, 6) is 0. The van der Waals surface area contributed by atoms with Crippen LogP contribution in [0.15, 0.2) is 0 Å². The summed E-state index contributed by atoms with van der Waals surface area (Å²) < 4.78 is 5.77. The van der Waals surface area contributed by atoms with Crippen molar-refractivity contribution in [3.05, 3.63) is 0 Å². The maximum atomic E-state index is 5.77. The molecule has 1 saturated heterocycles. The van der Waals surface area contributed by atoms with Gasteiger partial charge in [-0.2, -0.15) is 0 Å². The van der Waals surface area contributed by atoms with E-state index in [4.69, 9.17) is 4.74 Å². The molecule has 18 heavy (non-hydrogen) atoms. The van der Waals surface area contributed by atoms with Crippen LogP contribution in [-0.4, -0.2) is 25.3 Å². The Kier molecular flexibility index (Phi) is 5.50. The minimum atomic E-state index is 0.535. The Labute approximate surface area is 113 Å². The summed E-state index contributed by atoms with van der Waals surface area (Å²) in [5, 5.41) is 3.76. The van der Waals surface area contributed by atoms with E-state index in [-0.39, 0.29) is 0 Å². The molecule has 1 aliphatic carbocycles. The standard InChI is InChI=1S/C16H31NO/c1-3-17-15(10-9-14-8-7-13-18-14)16(2)11-5-4-6-12-16/h14-15,17H,3-13H2,1-2H3. The van der Waals surface area contributed by atoms with Crippen LogP contribution in [0, 0.1) is 5.41 Å². The van der Waals surface area contributed by atoms with E-state index < -0.39 is 0 Å². The van der Waals surface area contributed by atoms with E-state index in [1.807, 2.05) is 0 Å². The van der Waals surface area contributed by atoms with Gasteiger partial charge in [0.2, 0.25) is 0 Å². The van der Waals surface area contributed by atoms with Gasteiger partial charge in [0, 0.05) is 12.6 Å². The number of rotatable bonds is 6. The molecule has 0 spiro atoms. The first kappa shape index (κ1) is 14.3. The van der Waals surface area contributed by atoms with E-state index in [9.17, 15) is 0 Å². The zero-order valence-electron chi connectivity index (χ0n) is 12.3. The molecule has 0 aromatic rings. The summed E-state index contributed by atoms with van der Waals surface area (Å²) in [6.45, 7) is 6.85. The molecule has 2 rings (SSSR count). The molecular formula is C16H31NO. The fraction of sp³-hybridized carbons (Fsp3) is 1.00. The molecule has 1 aliphatic heterocycles. The number of hydrogen-bond donors (Lipinski definition) is 1.